The monoisotopic (exact) mass is 343 g/mol. The van der Waals surface area contributed by atoms with E-state index in [0.717, 1.165) is 43.7 Å². The number of carbonyl (C=O) groups is 1. The molecule has 1 N–H and O–H groups in total. The first-order valence-electron chi connectivity index (χ1n) is 8.97. The number of hydrogen-bond acceptors (Lipinski definition) is 5. The standard InChI is InChI=1S/C19H25N3O3/c1-2-22(12-18(23)21-19(14-20)9-5-6-10-19)11-15-13-24-16-7-3-4-8-17(16)25-15/h3-4,7-8,15H,2,5-6,9-13H2,1H3,(H,21,23)/t15-/m0/s1. The normalized spacial score (nSPS) is 20.9. The van der Waals surface area contributed by atoms with Crippen LogP contribution in [0.1, 0.15) is 32.6 Å². The summed E-state index contributed by atoms with van der Waals surface area (Å²) in [5.74, 6) is 1.41. The number of likely N-dealkylation sites (N-methyl/N-ethyl adjacent to an activating group) is 1. The third-order valence-electron chi connectivity index (χ3n) is 4.89. The summed E-state index contributed by atoms with van der Waals surface area (Å²) < 4.78 is 11.7. The summed E-state index contributed by atoms with van der Waals surface area (Å²) in [7, 11) is 0. The number of benzene rings is 1. The number of rotatable bonds is 6. The fraction of sp³-hybridized carbons (Fsp3) is 0.579. The van der Waals surface area contributed by atoms with Crippen molar-refractivity contribution in [2.45, 2.75) is 44.2 Å². The fourth-order valence-corrected chi connectivity index (χ4v) is 3.50. The van der Waals surface area contributed by atoms with E-state index < -0.39 is 5.54 Å². The Hall–Kier alpha value is -2.26. The van der Waals surface area contributed by atoms with Gasteiger partial charge in [-0.1, -0.05) is 19.1 Å². The zero-order valence-corrected chi connectivity index (χ0v) is 14.7. The van der Waals surface area contributed by atoms with E-state index >= 15 is 0 Å². The van der Waals surface area contributed by atoms with Crippen LogP contribution in [0.15, 0.2) is 24.3 Å². The van der Waals surface area contributed by atoms with E-state index in [1.807, 2.05) is 36.1 Å². The Morgan fingerprint density at radius 2 is 2.08 bits per heavy atom. The molecule has 1 amide bonds. The Labute approximate surface area is 148 Å². The second-order valence-corrected chi connectivity index (χ2v) is 6.77. The molecule has 1 aromatic carbocycles. The molecule has 1 heterocycles. The van der Waals surface area contributed by atoms with Gasteiger partial charge >= 0.3 is 0 Å². The van der Waals surface area contributed by atoms with Gasteiger partial charge in [0.25, 0.3) is 0 Å². The van der Waals surface area contributed by atoms with Gasteiger partial charge in [0.1, 0.15) is 18.2 Å². The van der Waals surface area contributed by atoms with Crippen molar-refractivity contribution in [1.82, 2.24) is 10.2 Å². The van der Waals surface area contributed by atoms with E-state index in [1.165, 1.54) is 0 Å². The van der Waals surface area contributed by atoms with Crippen molar-refractivity contribution in [2.75, 3.05) is 26.2 Å². The van der Waals surface area contributed by atoms with E-state index in [2.05, 4.69) is 11.4 Å². The maximum absolute atomic E-state index is 12.4. The highest BCUT2D eigenvalue weighted by atomic mass is 16.6. The first-order chi connectivity index (χ1) is 12.1. The minimum atomic E-state index is -0.667. The lowest BCUT2D eigenvalue weighted by Crippen LogP contribution is -2.50. The van der Waals surface area contributed by atoms with E-state index in [9.17, 15) is 10.1 Å². The molecule has 25 heavy (non-hydrogen) atoms. The van der Waals surface area contributed by atoms with E-state index in [-0.39, 0.29) is 18.6 Å². The topological polar surface area (TPSA) is 74.6 Å². The van der Waals surface area contributed by atoms with Gasteiger partial charge in [0.05, 0.1) is 12.6 Å². The van der Waals surface area contributed by atoms with Crippen molar-refractivity contribution in [3.63, 3.8) is 0 Å². The van der Waals surface area contributed by atoms with Crippen LogP contribution in [0.25, 0.3) is 0 Å². The fourth-order valence-electron chi connectivity index (χ4n) is 3.50. The van der Waals surface area contributed by atoms with Gasteiger partial charge in [-0.15, -0.1) is 0 Å². The lowest BCUT2D eigenvalue weighted by Gasteiger charge is -2.31. The lowest BCUT2D eigenvalue weighted by molar-refractivity contribution is -0.123. The van der Waals surface area contributed by atoms with Crippen LogP contribution in [-0.2, 0) is 4.79 Å². The number of fused-ring (bicyclic) bond motifs is 1. The molecule has 0 radical (unpaired) electrons. The Balaban J connectivity index is 1.53. The third-order valence-corrected chi connectivity index (χ3v) is 4.89. The highest BCUT2D eigenvalue weighted by Gasteiger charge is 2.35. The predicted molar refractivity (Wildman–Crippen MR) is 93.4 cm³/mol. The van der Waals surface area contributed by atoms with Crippen LogP contribution in [0.5, 0.6) is 11.5 Å². The van der Waals surface area contributed by atoms with Crippen LogP contribution >= 0.6 is 0 Å². The number of carbonyl (C=O) groups excluding carboxylic acids is 1. The Morgan fingerprint density at radius 1 is 1.36 bits per heavy atom. The van der Waals surface area contributed by atoms with Crippen molar-refractivity contribution in [1.29, 1.82) is 5.26 Å². The highest BCUT2D eigenvalue weighted by Crippen LogP contribution is 2.31. The number of amides is 1. The van der Waals surface area contributed by atoms with E-state index in [4.69, 9.17) is 9.47 Å². The van der Waals surface area contributed by atoms with Crippen LogP contribution in [0.3, 0.4) is 0 Å². The summed E-state index contributed by atoms with van der Waals surface area (Å²) in [5.41, 5.74) is -0.667. The molecule has 1 aromatic rings. The van der Waals surface area contributed by atoms with Crippen molar-refractivity contribution in [2.24, 2.45) is 0 Å². The summed E-state index contributed by atoms with van der Waals surface area (Å²) in [4.78, 5) is 14.4. The van der Waals surface area contributed by atoms with Crippen molar-refractivity contribution >= 4 is 5.91 Å². The van der Waals surface area contributed by atoms with Gasteiger partial charge in [0, 0.05) is 6.54 Å². The summed E-state index contributed by atoms with van der Waals surface area (Å²) >= 11 is 0. The van der Waals surface area contributed by atoms with Gasteiger partial charge < -0.3 is 14.8 Å². The quantitative estimate of drug-likeness (QED) is 0.856. The summed E-state index contributed by atoms with van der Waals surface area (Å²) in [6.45, 7) is 4.09. The predicted octanol–water partition coefficient (Wildman–Crippen LogP) is 2.10. The Bertz CT molecular complexity index is 650. The van der Waals surface area contributed by atoms with E-state index in [1.54, 1.807) is 0 Å². The van der Waals surface area contributed by atoms with Gasteiger partial charge in [0.15, 0.2) is 11.5 Å². The number of para-hydroxylation sites is 2. The molecule has 1 saturated carbocycles. The minimum absolute atomic E-state index is 0.0950. The van der Waals surface area contributed by atoms with Crippen LogP contribution in [0.4, 0.5) is 0 Å². The van der Waals surface area contributed by atoms with Gasteiger partial charge in [-0.3, -0.25) is 9.69 Å². The number of nitriles is 1. The van der Waals surface area contributed by atoms with Crippen molar-refractivity contribution in [3.8, 4) is 17.6 Å². The van der Waals surface area contributed by atoms with Crippen LogP contribution < -0.4 is 14.8 Å². The molecule has 0 aromatic heterocycles. The molecule has 134 valence electrons. The zero-order valence-electron chi connectivity index (χ0n) is 14.7. The molecule has 0 spiro atoms. The molecular weight excluding hydrogens is 318 g/mol. The largest absolute Gasteiger partial charge is 0.486 e. The average molecular weight is 343 g/mol. The Kier molecular flexibility index (Phi) is 5.44. The number of nitrogens with zero attached hydrogens (tertiary/aromatic N) is 2. The van der Waals surface area contributed by atoms with Gasteiger partial charge in [-0.2, -0.15) is 5.26 Å². The summed E-state index contributed by atoms with van der Waals surface area (Å²) in [5, 5.41) is 12.3. The molecule has 1 fully saturated rings. The third kappa shape index (κ3) is 4.23. The average Bonchev–Trinajstić information content (AvgIpc) is 3.10. The first kappa shape index (κ1) is 17.6. The maximum Gasteiger partial charge on any atom is 0.235 e. The SMILES string of the molecule is CCN(CC(=O)NC1(C#N)CCCC1)C[C@H]1COc2ccccc2O1. The first-order valence-corrected chi connectivity index (χ1v) is 8.97. The molecule has 0 unspecified atom stereocenters. The molecule has 6 heteroatoms. The summed E-state index contributed by atoms with van der Waals surface area (Å²) in [6.07, 6.45) is 3.38. The van der Waals surface area contributed by atoms with Crippen molar-refractivity contribution < 1.29 is 14.3 Å². The molecule has 2 aliphatic rings. The molecule has 1 aliphatic carbocycles. The van der Waals surface area contributed by atoms with E-state index in [0.29, 0.717) is 13.2 Å². The zero-order chi connectivity index (χ0) is 17.7. The molecule has 1 aliphatic heterocycles. The molecule has 0 bridgehead atoms. The highest BCUT2D eigenvalue weighted by molar-refractivity contribution is 5.79. The second kappa shape index (κ2) is 7.75. The molecule has 1 atom stereocenters. The number of ether oxygens (including phenoxy) is 2. The molecule has 6 nitrogen and oxygen atoms in total. The molecule has 3 rings (SSSR count). The number of nitrogens with one attached hydrogen (secondary N) is 1. The maximum atomic E-state index is 12.4. The van der Waals surface area contributed by atoms with Crippen LogP contribution in [0.2, 0.25) is 0 Å². The molecule has 0 saturated heterocycles. The van der Waals surface area contributed by atoms with Crippen molar-refractivity contribution in [3.05, 3.63) is 24.3 Å². The molecular formula is C19H25N3O3. The van der Waals surface area contributed by atoms with Crippen LogP contribution in [-0.4, -0.2) is 48.7 Å². The van der Waals surface area contributed by atoms with Gasteiger partial charge in [0.2, 0.25) is 5.91 Å². The minimum Gasteiger partial charge on any atom is -0.486 e. The second-order valence-electron chi connectivity index (χ2n) is 6.77. The lowest BCUT2D eigenvalue weighted by atomic mass is 10.00. The van der Waals surface area contributed by atoms with Crippen LogP contribution in [0, 0.1) is 11.3 Å². The Morgan fingerprint density at radius 3 is 2.76 bits per heavy atom. The number of hydrogen-bond donors (Lipinski definition) is 1. The van der Waals surface area contributed by atoms with Gasteiger partial charge in [-0.05, 0) is 44.4 Å². The van der Waals surface area contributed by atoms with Gasteiger partial charge in [-0.25, -0.2) is 0 Å². The summed E-state index contributed by atoms with van der Waals surface area (Å²) in [6, 6.07) is 9.91. The smallest absolute Gasteiger partial charge is 0.235 e.